The van der Waals surface area contributed by atoms with Crippen molar-refractivity contribution in [2.45, 2.75) is 25.8 Å². The number of carbonyl (C=O) groups is 1. The zero-order valence-corrected chi connectivity index (χ0v) is 18.2. The standard InChI is InChI=1S/C19H33N7OS/c1-20-18(21-13-16-15-28-19(22-16)23(2)3)26-11-9-24(10-12-26)14-17(27)25-7-5-4-6-8-25/h15H,4-14H2,1-3H3,(H,20,21). The van der Waals surface area contributed by atoms with E-state index in [9.17, 15) is 4.79 Å². The van der Waals surface area contributed by atoms with E-state index >= 15 is 0 Å². The van der Waals surface area contributed by atoms with E-state index in [1.54, 1.807) is 11.3 Å². The molecule has 0 radical (unpaired) electrons. The Morgan fingerprint density at radius 1 is 1.14 bits per heavy atom. The van der Waals surface area contributed by atoms with Crippen molar-refractivity contribution < 1.29 is 4.79 Å². The van der Waals surface area contributed by atoms with E-state index in [0.717, 1.165) is 68.9 Å². The number of hydrogen-bond donors (Lipinski definition) is 1. The third-order valence-corrected chi connectivity index (χ3v) is 6.36. The summed E-state index contributed by atoms with van der Waals surface area (Å²) in [6, 6.07) is 0. The second kappa shape index (κ2) is 10.1. The third kappa shape index (κ3) is 5.57. The van der Waals surface area contributed by atoms with Crippen molar-refractivity contribution in [2.24, 2.45) is 4.99 Å². The molecule has 8 nitrogen and oxygen atoms in total. The molecule has 1 amide bonds. The second-order valence-electron chi connectivity index (χ2n) is 7.62. The molecule has 2 aliphatic rings. The molecule has 28 heavy (non-hydrogen) atoms. The van der Waals surface area contributed by atoms with Crippen LogP contribution in [0.5, 0.6) is 0 Å². The van der Waals surface area contributed by atoms with E-state index in [1.807, 2.05) is 30.9 Å². The van der Waals surface area contributed by atoms with Crippen molar-refractivity contribution in [1.82, 2.24) is 25.0 Å². The number of nitrogens with zero attached hydrogens (tertiary/aromatic N) is 6. The molecule has 0 saturated carbocycles. The number of amides is 1. The van der Waals surface area contributed by atoms with Gasteiger partial charge < -0.3 is 20.0 Å². The third-order valence-electron chi connectivity index (χ3n) is 5.30. The number of aliphatic imine (C=N–C) groups is 1. The highest BCUT2D eigenvalue weighted by atomic mass is 32.1. The van der Waals surface area contributed by atoms with Gasteiger partial charge in [0.2, 0.25) is 5.91 Å². The number of aromatic nitrogens is 1. The summed E-state index contributed by atoms with van der Waals surface area (Å²) in [6.07, 6.45) is 3.55. The highest BCUT2D eigenvalue weighted by Crippen LogP contribution is 2.17. The topological polar surface area (TPSA) is 67.3 Å². The van der Waals surface area contributed by atoms with Gasteiger partial charge in [0.05, 0.1) is 18.8 Å². The molecule has 156 valence electrons. The minimum absolute atomic E-state index is 0.288. The van der Waals surface area contributed by atoms with Crippen LogP contribution in [0.15, 0.2) is 10.4 Å². The maximum Gasteiger partial charge on any atom is 0.236 e. The van der Waals surface area contributed by atoms with Gasteiger partial charge in [0, 0.05) is 65.8 Å². The minimum atomic E-state index is 0.288. The fraction of sp³-hybridized carbons (Fsp3) is 0.737. The lowest BCUT2D eigenvalue weighted by molar-refractivity contribution is -0.133. The summed E-state index contributed by atoms with van der Waals surface area (Å²) in [6.45, 7) is 6.63. The average molecular weight is 408 g/mol. The lowest BCUT2D eigenvalue weighted by Crippen LogP contribution is -2.54. The molecule has 1 aromatic heterocycles. The summed E-state index contributed by atoms with van der Waals surface area (Å²) in [5.41, 5.74) is 1.03. The molecular formula is C19H33N7OS. The summed E-state index contributed by atoms with van der Waals surface area (Å²) in [4.78, 5) is 30.1. The Labute approximate surface area is 172 Å². The number of thiazole rings is 1. The van der Waals surface area contributed by atoms with Crippen LogP contribution in [0.2, 0.25) is 0 Å². The fourth-order valence-corrected chi connectivity index (χ4v) is 4.40. The summed E-state index contributed by atoms with van der Waals surface area (Å²) in [5.74, 6) is 1.19. The van der Waals surface area contributed by atoms with Gasteiger partial charge in [-0.2, -0.15) is 0 Å². The van der Waals surface area contributed by atoms with Crippen molar-refractivity contribution in [1.29, 1.82) is 0 Å². The van der Waals surface area contributed by atoms with E-state index in [0.29, 0.717) is 13.1 Å². The first-order valence-electron chi connectivity index (χ1n) is 10.1. The number of anilines is 1. The zero-order chi connectivity index (χ0) is 19.9. The number of likely N-dealkylation sites (tertiary alicyclic amines) is 1. The Balaban J connectivity index is 1.42. The smallest absolute Gasteiger partial charge is 0.236 e. The summed E-state index contributed by atoms with van der Waals surface area (Å²) >= 11 is 1.65. The fourth-order valence-electron chi connectivity index (χ4n) is 3.64. The first-order valence-corrected chi connectivity index (χ1v) is 11.0. The highest BCUT2D eigenvalue weighted by Gasteiger charge is 2.24. The molecule has 1 N–H and O–H groups in total. The molecule has 0 unspecified atom stereocenters. The van der Waals surface area contributed by atoms with Crippen LogP contribution < -0.4 is 10.2 Å². The van der Waals surface area contributed by atoms with Gasteiger partial charge in [-0.25, -0.2) is 4.98 Å². The lowest BCUT2D eigenvalue weighted by atomic mass is 10.1. The van der Waals surface area contributed by atoms with Crippen molar-refractivity contribution in [3.8, 4) is 0 Å². The Kier molecular flexibility index (Phi) is 7.50. The Bertz CT molecular complexity index is 661. The van der Waals surface area contributed by atoms with Gasteiger partial charge in [0.25, 0.3) is 0 Å². The highest BCUT2D eigenvalue weighted by molar-refractivity contribution is 7.13. The Morgan fingerprint density at radius 2 is 1.86 bits per heavy atom. The van der Waals surface area contributed by atoms with E-state index in [2.05, 4.69) is 30.5 Å². The maximum atomic E-state index is 12.5. The van der Waals surface area contributed by atoms with Gasteiger partial charge >= 0.3 is 0 Å². The van der Waals surface area contributed by atoms with Crippen molar-refractivity contribution in [2.75, 3.05) is 71.9 Å². The van der Waals surface area contributed by atoms with Crippen molar-refractivity contribution >= 4 is 28.3 Å². The first kappa shape index (κ1) is 20.9. The summed E-state index contributed by atoms with van der Waals surface area (Å²) in [7, 11) is 5.83. The van der Waals surface area contributed by atoms with Gasteiger partial charge in [-0.15, -0.1) is 11.3 Å². The van der Waals surface area contributed by atoms with E-state index in [1.165, 1.54) is 6.42 Å². The maximum absolute atomic E-state index is 12.5. The SMILES string of the molecule is CN=C(NCc1csc(N(C)C)n1)N1CCN(CC(=O)N2CCCCC2)CC1. The number of rotatable bonds is 5. The predicted octanol–water partition coefficient (Wildman–Crippen LogP) is 0.915. The molecule has 9 heteroatoms. The second-order valence-corrected chi connectivity index (χ2v) is 8.46. The van der Waals surface area contributed by atoms with Crippen LogP contribution >= 0.6 is 11.3 Å². The molecule has 0 spiro atoms. The van der Waals surface area contributed by atoms with Gasteiger partial charge in [0.1, 0.15) is 0 Å². The van der Waals surface area contributed by atoms with Crippen LogP contribution in [0, 0.1) is 0 Å². The molecule has 0 aromatic carbocycles. The van der Waals surface area contributed by atoms with E-state index in [4.69, 9.17) is 0 Å². The number of carbonyl (C=O) groups excluding carboxylic acids is 1. The minimum Gasteiger partial charge on any atom is -0.354 e. The quantitative estimate of drug-likeness (QED) is 0.578. The lowest BCUT2D eigenvalue weighted by Gasteiger charge is -2.37. The Hall–Kier alpha value is -1.87. The van der Waals surface area contributed by atoms with Crippen LogP contribution in [0.4, 0.5) is 5.13 Å². The monoisotopic (exact) mass is 407 g/mol. The normalized spacial score (nSPS) is 19.0. The molecule has 0 atom stereocenters. The van der Waals surface area contributed by atoms with Gasteiger partial charge in [-0.3, -0.25) is 14.7 Å². The number of piperazine rings is 1. The number of guanidine groups is 1. The van der Waals surface area contributed by atoms with Crippen LogP contribution in [0.3, 0.4) is 0 Å². The van der Waals surface area contributed by atoms with Gasteiger partial charge in [-0.05, 0) is 19.3 Å². The molecule has 0 aliphatic carbocycles. The van der Waals surface area contributed by atoms with Crippen LogP contribution in [0.1, 0.15) is 25.0 Å². The number of piperidine rings is 1. The Morgan fingerprint density at radius 3 is 2.46 bits per heavy atom. The van der Waals surface area contributed by atoms with Gasteiger partial charge in [-0.1, -0.05) is 0 Å². The van der Waals surface area contributed by atoms with Crippen LogP contribution in [-0.2, 0) is 11.3 Å². The molecule has 1 aromatic rings. The van der Waals surface area contributed by atoms with E-state index in [-0.39, 0.29) is 5.91 Å². The zero-order valence-electron chi connectivity index (χ0n) is 17.4. The first-order chi connectivity index (χ1) is 13.6. The molecule has 2 aliphatic heterocycles. The molecule has 2 fully saturated rings. The number of hydrogen-bond acceptors (Lipinski definition) is 6. The molecular weight excluding hydrogens is 374 g/mol. The molecule has 2 saturated heterocycles. The molecule has 3 rings (SSSR count). The molecule has 0 bridgehead atoms. The predicted molar refractivity (Wildman–Crippen MR) is 115 cm³/mol. The molecule has 3 heterocycles. The van der Waals surface area contributed by atoms with Crippen LogP contribution in [0.25, 0.3) is 0 Å². The van der Waals surface area contributed by atoms with Crippen molar-refractivity contribution in [3.05, 3.63) is 11.1 Å². The van der Waals surface area contributed by atoms with Crippen LogP contribution in [-0.4, -0.2) is 98.5 Å². The largest absolute Gasteiger partial charge is 0.354 e. The summed E-state index contributed by atoms with van der Waals surface area (Å²) < 4.78 is 0. The number of nitrogens with one attached hydrogen (secondary N) is 1. The van der Waals surface area contributed by atoms with Crippen molar-refractivity contribution in [3.63, 3.8) is 0 Å². The average Bonchev–Trinajstić information content (AvgIpc) is 3.20. The summed E-state index contributed by atoms with van der Waals surface area (Å²) in [5, 5.41) is 6.52. The van der Waals surface area contributed by atoms with Gasteiger partial charge in [0.15, 0.2) is 11.1 Å². The van der Waals surface area contributed by atoms with E-state index < -0.39 is 0 Å².